The number of hydrogen-bond donors (Lipinski definition) is 2. The number of halogens is 2. The second-order valence-corrected chi connectivity index (χ2v) is 8.39. The van der Waals surface area contributed by atoms with E-state index in [4.69, 9.17) is 16.3 Å². The Labute approximate surface area is 190 Å². The Balaban J connectivity index is 1.78. The van der Waals surface area contributed by atoms with Crippen LogP contribution in [0.2, 0.25) is 5.02 Å². The van der Waals surface area contributed by atoms with E-state index in [1.807, 2.05) is 0 Å². The molecule has 7 nitrogen and oxygen atoms in total. The van der Waals surface area contributed by atoms with Crippen molar-refractivity contribution in [3.05, 3.63) is 56.4 Å². The number of anilines is 1. The summed E-state index contributed by atoms with van der Waals surface area (Å²) in [5, 5.41) is 12.7. The van der Waals surface area contributed by atoms with Crippen molar-refractivity contribution in [3.63, 3.8) is 0 Å². The first-order chi connectivity index (χ1) is 14.3. The molecule has 1 aliphatic rings. The lowest BCUT2D eigenvalue weighted by atomic mass is 10.1. The third kappa shape index (κ3) is 4.97. The van der Waals surface area contributed by atoms with Crippen LogP contribution >= 0.6 is 39.3 Å². The molecule has 1 saturated heterocycles. The zero-order valence-corrected chi connectivity index (χ0v) is 18.8. The Morgan fingerprint density at radius 3 is 2.77 bits per heavy atom. The van der Waals surface area contributed by atoms with Crippen molar-refractivity contribution < 1.29 is 24.2 Å². The van der Waals surface area contributed by atoms with Crippen LogP contribution in [0.1, 0.15) is 12.5 Å². The highest BCUT2D eigenvalue weighted by Gasteiger charge is 2.36. The molecule has 2 aromatic carbocycles. The molecule has 0 unspecified atom stereocenters. The number of amides is 3. The van der Waals surface area contributed by atoms with E-state index < -0.39 is 23.6 Å². The van der Waals surface area contributed by atoms with E-state index in [1.54, 1.807) is 43.3 Å². The average molecular weight is 512 g/mol. The van der Waals surface area contributed by atoms with Crippen molar-refractivity contribution in [2.45, 2.75) is 6.92 Å². The number of phenols is 1. The third-order valence-corrected chi connectivity index (χ3v) is 5.67. The van der Waals surface area contributed by atoms with E-state index in [1.165, 1.54) is 6.08 Å². The van der Waals surface area contributed by atoms with Gasteiger partial charge < -0.3 is 15.2 Å². The lowest BCUT2D eigenvalue weighted by Crippen LogP contribution is -2.36. The Morgan fingerprint density at radius 1 is 1.33 bits per heavy atom. The number of benzene rings is 2. The van der Waals surface area contributed by atoms with Crippen molar-refractivity contribution in [1.82, 2.24) is 4.90 Å². The molecular weight excluding hydrogens is 496 g/mol. The van der Waals surface area contributed by atoms with E-state index in [9.17, 15) is 19.5 Å². The van der Waals surface area contributed by atoms with Gasteiger partial charge in [-0.25, -0.2) is 0 Å². The fourth-order valence-electron chi connectivity index (χ4n) is 2.64. The normalized spacial score (nSPS) is 15.0. The molecule has 0 aromatic heterocycles. The van der Waals surface area contributed by atoms with Crippen LogP contribution in [0.5, 0.6) is 11.5 Å². The SMILES string of the molecule is CCOc1cc(Br)cc(/C=C2/SC(=O)N(CC(=O)Nc3ccccc3Cl)C2=O)c1O. The van der Waals surface area contributed by atoms with Gasteiger partial charge in [0.25, 0.3) is 11.1 Å². The number of rotatable bonds is 6. The van der Waals surface area contributed by atoms with Crippen LogP contribution in [0.25, 0.3) is 6.08 Å². The number of imide groups is 1. The number of nitrogens with zero attached hydrogens (tertiary/aromatic N) is 1. The maximum atomic E-state index is 12.7. The first kappa shape index (κ1) is 22.2. The first-order valence-electron chi connectivity index (χ1n) is 8.75. The lowest BCUT2D eigenvalue weighted by molar-refractivity contribution is -0.127. The quantitative estimate of drug-likeness (QED) is 0.537. The molecular formula is C20H16BrClN2O5S. The summed E-state index contributed by atoms with van der Waals surface area (Å²) in [6.07, 6.45) is 1.39. The number of carbonyl (C=O) groups excluding carboxylic acids is 3. The fraction of sp³-hybridized carbons (Fsp3) is 0.150. The van der Waals surface area contributed by atoms with Gasteiger partial charge in [0.2, 0.25) is 5.91 Å². The number of ether oxygens (including phenoxy) is 1. The Kier molecular flexibility index (Phi) is 7.06. The van der Waals surface area contributed by atoms with Crippen LogP contribution < -0.4 is 10.1 Å². The lowest BCUT2D eigenvalue weighted by Gasteiger charge is -2.13. The Morgan fingerprint density at radius 2 is 2.07 bits per heavy atom. The highest BCUT2D eigenvalue weighted by atomic mass is 79.9. The zero-order valence-electron chi connectivity index (χ0n) is 15.6. The molecule has 3 amide bonds. The molecule has 0 bridgehead atoms. The van der Waals surface area contributed by atoms with Gasteiger partial charge in [0, 0.05) is 10.0 Å². The van der Waals surface area contributed by atoms with Crippen molar-refractivity contribution in [1.29, 1.82) is 0 Å². The Hall–Kier alpha value is -2.49. The molecule has 0 atom stereocenters. The summed E-state index contributed by atoms with van der Waals surface area (Å²) in [5.41, 5.74) is 0.688. The topological polar surface area (TPSA) is 95.9 Å². The summed E-state index contributed by atoms with van der Waals surface area (Å²) >= 11 is 10.0. The molecule has 2 aromatic rings. The molecule has 3 rings (SSSR count). The van der Waals surface area contributed by atoms with Crippen LogP contribution in [0.15, 0.2) is 45.8 Å². The van der Waals surface area contributed by atoms with E-state index in [0.717, 1.165) is 4.90 Å². The van der Waals surface area contributed by atoms with Crippen LogP contribution in [0, 0.1) is 0 Å². The number of carbonyl (C=O) groups is 3. The molecule has 156 valence electrons. The average Bonchev–Trinajstić information content (AvgIpc) is 2.95. The molecule has 1 heterocycles. The van der Waals surface area contributed by atoms with Gasteiger partial charge in [-0.15, -0.1) is 0 Å². The van der Waals surface area contributed by atoms with Gasteiger partial charge in [-0.3, -0.25) is 19.3 Å². The van der Waals surface area contributed by atoms with Gasteiger partial charge in [0.15, 0.2) is 11.5 Å². The standard InChI is InChI=1S/C20H16BrClN2O5S/c1-2-29-15-9-12(21)7-11(18(15)26)8-16-19(27)24(20(28)30-16)10-17(25)23-14-6-4-3-5-13(14)22/h3-9,26H,2,10H2,1H3,(H,23,25)/b16-8+. The monoisotopic (exact) mass is 510 g/mol. The van der Waals surface area contributed by atoms with E-state index in [0.29, 0.717) is 39.1 Å². The number of para-hydroxylation sites is 1. The van der Waals surface area contributed by atoms with Crippen LogP contribution in [0.3, 0.4) is 0 Å². The number of nitrogens with one attached hydrogen (secondary N) is 1. The van der Waals surface area contributed by atoms with Gasteiger partial charge in [-0.1, -0.05) is 39.7 Å². The zero-order chi connectivity index (χ0) is 21.8. The molecule has 0 spiro atoms. The van der Waals surface area contributed by atoms with E-state index in [-0.39, 0.29) is 16.4 Å². The van der Waals surface area contributed by atoms with Gasteiger partial charge >= 0.3 is 0 Å². The van der Waals surface area contributed by atoms with Crippen molar-refractivity contribution >= 4 is 68.1 Å². The second-order valence-electron chi connectivity index (χ2n) is 6.07. The summed E-state index contributed by atoms with van der Waals surface area (Å²) < 4.78 is 6.00. The smallest absolute Gasteiger partial charge is 0.294 e. The molecule has 0 saturated carbocycles. The molecule has 0 aliphatic carbocycles. The molecule has 0 radical (unpaired) electrons. The highest BCUT2D eigenvalue weighted by molar-refractivity contribution is 9.10. The molecule has 1 aliphatic heterocycles. The van der Waals surface area contributed by atoms with Crippen molar-refractivity contribution in [2.75, 3.05) is 18.5 Å². The molecule has 1 fully saturated rings. The van der Waals surface area contributed by atoms with Gasteiger partial charge in [0.05, 0.1) is 22.2 Å². The molecule has 2 N–H and O–H groups in total. The second kappa shape index (κ2) is 9.55. The largest absolute Gasteiger partial charge is 0.504 e. The number of hydrogen-bond acceptors (Lipinski definition) is 6. The van der Waals surface area contributed by atoms with E-state index >= 15 is 0 Å². The fourth-order valence-corrected chi connectivity index (χ4v) is 4.11. The maximum Gasteiger partial charge on any atom is 0.294 e. The van der Waals surface area contributed by atoms with Gasteiger partial charge in [-0.2, -0.15) is 0 Å². The van der Waals surface area contributed by atoms with Gasteiger partial charge in [-0.05, 0) is 49.0 Å². The summed E-state index contributed by atoms with van der Waals surface area (Å²) in [6, 6.07) is 9.83. The molecule has 30 heavy (non-hydrogen) atoms. The molecule has 10 heteroatoms. The minimum Gasteiger partial charge on any atom is -0.504 e. The summed E-state index contributed by atoms with van der Waals surface area (Å²) in [5.74, 6) is -1.09. The Bertz CT molecular complexity index is 1060. The first-order valence-corrected chi connectivity index (χ1v) is 10.7. The summed E-state index contributed by atoms with van der Waals surface area (Å²) in [6.45, 7) is 1.67. The third-order valence-electron chi connectivity index (χ3n) is 3.98. The minimum absolute atomic E-state index is 0.0846. The van der Waals surface area contributed by atoms with Gasteiger partial charge in [0.1, 0.15) is 6.54 Å². The summed E-state index contributed by atoms with van der Waals surface area (Å²) in [4.78, 5) is 38.2. The predicted octanol–water partition coefficient (Wildman–Crippen LogP) is 4.88. The van der Waals surface area contributed by atoms with Crippen LogP contribution in [-0.2, 0) is 9.59 Å². The van der Waals surface area contributed by atoms with Crippen LogP contribution in [0.4, 0.5) is 10.5 Å². The number of phenolic OH excluding ortho intramolecular Hbond substituents is 1. The van der Waals surface area contributed by atoms with Crippen LogP contribution in [-0.4, -0.2) is 40.2 Å². The summed E-state index contributed by atoms with van der Waals surface area (Å²) in [7, 11) is 0. The number of aromatic hydroxyl groups is 1. The van der Waals surface area contributed by atoms with Crippen molar-refractivity contribution in [3.8, 4) is 11.5 Å². The minimum atomic E-state index is -0.628. The predicted molar refractivity (Wildman–Crippen MR) is 120 cm³/mol. The van der Waals surface area contributed by atoms with Crippen molar-refractivity contribution in [2.24, 2.45) is 0 Å². The maximum absolute atomic E-state index is 12.7. The number of thioether (sulfide) groups is 1. The van der Waals surface area contributed by atoms with E-state index in [2.05, 4.69) is 21.2 Å². The highest BCUT2D eigenvalue weighted by Crippen LogP contribution is 2.38.